The minimum Gasteiger partial charge on any atom is -0.463 e. The lowest BCUT2D eigenvalue weighted by Gasteiger charge is -2.41. The van der Waals surface area contributed by atoms with Crippen LogP contribution in [0.15, 0.2) is 0 Å². The molecule has 4 fully saturated rings. The van der Waals surface area contributed by atoms with Gasteiger partial charge in [0.2, 0.25) is 0 Å². The van der Waals surface area contributed by atoms with Crippen molar-refractivity contribution in [3.8, 4) is 0 Å². The fraction of sp³-hybridized carbons (Fsp3) is 0.875. The summed E-state index contributed by atoms with van der Waals surface area (Å²) in [6.07, 6.45) is -6.36. The van der Waals surface area contributed by atoms with Gasteiger partial charge in [-0.05, 0) is 27.7 Å². The molecule has 0 aliphatic carbocycles. The van der Waals surface area contributed by atoms with E-state index >= 15 is 0 Å². The van der Waals surface area contributed by atoms with Crippen molar-refractivity contribution in [2.75, 3.05) is 13.2 Å². The van der Waals surface area contributed by atoms with E-state index in [0.29, 0.717) is 0 Å². The summed E-state index contributed by atoms with van der Waals surface area (Å²) >= 11 is 0. The smallest absolute Gasteiger partial charge is 0.303 e. The highest BCUT2D eigenvalue weighted by Gasteiger charge is 2.61. The number of fused-ring (bicyclic) bond motifs is 3. The molecule has 4 heterocycles. The van der Waals surface area contributed by atoms with Crippen molar-refractivity contribution in [3.63, 3.8) is 0 Å². The Morgan fingerprint density at radius 3 is 2.00 bits per heavy atom. The lowest BCUT2D eigenvalue weighted by Crippen LogP contribution is -2.57. The summed E-state index contributed by atoms with van der Waals surface area (Å²) in [5.41, 5.74) is 0. The fourth-order valence-corrected chi connectivity index (χ4v) is 5.03. The van der Waals surface area contributed by atoms with Gasteiger partial charge in [-0.25, -0.2) is 0 Å². The molecule has 0 radical (unpaired) electrons. The van der Waals surface area contributed by atoms with Crippen molar-refractivity contribution in [2.24, 2.45) is 0 Å². The second kappa shape index (κ2) is 10.7. The van der Waals surface area contributed by atoms with Gasteiger partial charge < -0.3 is 47.4 Å². The number of esters is 3. The molecule has 4 aliphatic rings. The van der Waals surface area contributed by atoms with Crippen LogP contribution in [0.3, 0.4) is 0 Å². The van der Waals surface area contributed by atoms with Gasteiger partial charge >= 0.3 is 17.9 Å². The van der Waals surface area contributed by atoms with Crippen LogP contribution in [-0.4, -0.2) is 98.0 Å². The average molecular weight is 533 g/mol. The third-order valence-electron chi connectivity index (χ3n) is 6.25. The zero-order valence-corrected chi connectivity index (χ0v) is 22.1. The first-order valence-corrected chi connectivity index (χ1v) is 12.3. The van der Waals surface area contributed by atoms with Crippen molar-refractivity contribution in [1.29, 1.82) is 0 Å². The molecule has 13 nitrogen and oxygen atoms in total. The van der Waals surface area contributed by atoms with Crippen LogP contribution in [-0.2, 0) is 61.8 Å². The molecule has 0 unspecified atom stereocenters. The van der Waals surface area contributed by atoms with Crippen molar-refractivity contribution in [1.82, 2.24) is 0 Å². The Kier molecular flexibility index (Phi) is 8.15. The number of ether oxygens (including phenoxy) is 10. The predicted molar refractivity (Wildman–Crippen MR) is 119 cm³/mol. The van der Waals surface area contributed by atoms with E-state index in [9.17, 15) is 14.4 Å². The lowest BCUT2D eigenvalue weighted by molar-refractivity contribution is -0.288. The van der Waals surface area contributed by atoms with Gasteiger partial charge in [0.1, 0.15) is 43.2 Å². The summed E-state index contributed by atoms with van der Waals surface area (Å²) < 4.78 is 58.2. The molecular formula is C24H36O13. The Labute approximate surface area is 215 Å². The van der Waals surface area contributed by atoms with Crippen LogP contribution in [0.1, 0.15) is 54.9 Å². The minimum absolute atomic E-state index is 0.0175. The number of carbonyl (C=O) groups is 3. The van der Waals surface area contributed by atoms with Crippen molar-refractivity contribution in [3.05, 3.63) is 0 Å². The highest BCUT2D eigenvalue weighted by atomic mass is 16.9. The molecule has 0 amide bonds. The summed E-state index contributed by atoms with van der Waals surface area (Å²) in [5, 5.41) is 0. The van der Waals surface area contributed by atoms with Gasteiger partial charge in [-0.2, -0.15) is 0 Å². The van der Waals surface area contributed by atoms with Gasteiger partial charge in [-0.1, -0.05) is 0 Å². The molecule has 0 aromatic rings. The van der Waals surface area contributed by atoms with Crippen molar-refractivity contribution in [2.45, 2.75) is 122 Å². The first-order chi connectivity index (χ1) is 17.2. The molecule has 210 valence electrons. The van der Waals surface area contributed by atoms with E-state index in [-0.39, 0.29) is 19.6 Å². The van der Waals surface area contributed by atoms with E-state index in [2.05, 4.69) is 0 Å². The first kappa shape index (κ1) is 28.1. The van der Waals surface area contributed by atoms with Crippen LogP contribution in [0.25, 0.3) is 0 Å². The second-order valence-corrected chi connectivity index (χ2v) is 10.4. The second-order valence-electron chi connectivity index (χ2n) is 10.4. The third kappa shape index (κ3) is 6.77. The lowest BCUT2D eigenvalue weighted by atomic mass is 9.99. The van der Waals surface area contributed by atoms with E-state index < -0.39 is 84.8 Å². The maximum absolute atomic E-state index is 11.8. The predicted octanol–water partition coefficient (Wildman–Crippen LogP) is 0.941. The number of rotatable bonds is 7. The summed E-state index contributed by atoms with van der Waals surface area (Å²) in [6.45, 7) is 10.7. The normalized spacial score (nSPS) is 39.8. The molecule has 0 N–H and O–H groups in total. The van der Waals surface area contributed by atoms with Crippen LogP contribution in [0.5, 0.6) is 0 Å². The Morgan fingerprint density at radius 2 is 1.35 bits per heavy atom. The summed E-state index contributed by atoms with van der Waals surface area (Å²) in [4.78, 5) is 34.9. The van der Waals surface area contributed by atoms with E-state index in [1.807, 2.05) is 13.8 Å². The Hall–Kier alpha value is -1.87. The zero-order chi connectivity index (χ0) is 27.1. The molecule has 0 aromatic heterocycles. The molecule has 0 bridgehead atoms. The van der Waals surface area contributed by atoms with Crippen LogP contribution in [0, 0.1) is 0 Å². The van der Waals surface area contributed by atoms with Gasteiger partial charge in [0.15, 0.2) is 30.3 Å². The quantitative estimate of drug-likeness (QED) is 0.339. The molecule has 0 spiro atoms. The highest BCUT2D eigenvalue weighted by Crippen LogP contribution is 2.44. The molecule has 0 aromatic carbocycles. The van der Waals surface area contributed by atoms with Gasteiger partial charge in [0.05, 0.1) is 6.61 Å². The minimum atomic E-state index is -0.990. The topological polar surface area (TPSA) is 144 Å². The summed E-state index contributed by atoms with van der Waals surface area (Å²) in [6, 6.07) is 0. The molecule has 13 heteroatoms. The monoisotopic (exact) mass is 532 g/mol. The number of hydrogen-bond donors (Lipinski definition) is 0. The van der Waals surface area contributed by atoms with E-state index in [1.165, 1.54) is 20.8 Å². The van der Waals surface area contributed by atoms with Crippen LogP contribution < -0.4 is 0 Å². The zero-order valence-electron chi connectivity index (χ0n) is 22.1. The van der Waals surface area contributed by atoms with Crippen LogP contribution >= 0.6 is 0 Å². The molecule has 0 saturated carbocycles. The van der Waals surface area contributed by atoms with Crippen molar-refractivity contribution < 1.29 is 61.8 Å². The molecule has 9 atom stereocenters. The SMILES string of the molecule is CC(=O)OC[C@H]1O[C@@H](OC[C@H]2O[C@@H]3OC(C)(C)O[C@@H]3[C@H]3OC(C)(C)O[C@H]32)C[C@@H](OC(C)=O)[C@@H]1OC(C)=O. The maximum Gasteiger partial charge on any atom is 0.303 e. The fourth-order valence-electron chi connectivity index (χ4n) is 5.03. The third-order valence-corrected chi connectivity index (χ3v) is 6.25. The Balaban J connectivity index is 1.47. The largest absolute Gasteiger partial charge is 0.463 e. The van der Waals surface area contributed by atoms with Crippen molar-refractivity contribution >= 4 is 17.9 Å². The standard InChI is InChI=1S/C24H36O13/c1-11(25)28-9-15-18(31-13(3)27)14(30-12(2)26)8-17(32-15)29-10-16-19-20(35-23(4,5)34-19)21-22(33-16)37-24(6,7)36-21/h14-22H,8-10H2,1-7H3/t14-,15-,16-,17-,18+,19+,20+,21-,22-/m1/s1. The van der Waals surface area contributed by atoms with Crippen LogP contribution in [0.4, 0.5) is 0 Å². The highest BCUT2D eigenvalue weighted by molar-refractivity contribution is 5.67. The molecule has 4 saturated heterocycles. The van der Waals surface area contributed by atoms with Gasteiger partial charge in [-0.3, -0.25) is 14.4 Å². The Bertz CT molecular complexity index is 873. The van der Waals surface area contributed by atoms with Gasteiger partial charge in [-0.15, -0.1) is 0 Å². The maximum atomic E-state index is 11.8. The molecule has 4 rings (SSSR count). The number of hydrogen-bond acceptors (Lipinski definition) is 13. The van der Waals surface area contributed by atoms with Gasteiger partial charge in [0, 0.05) is 27.2 Å². The van der Waals surface area contributed by atoms with Crippen LogP contribution in [0.2, 0.25) is 0 Å². The molecule has 37 heavy (non-hydrogen) atoms. The molecule has 4 aliphatic heterocycles. The Morgan fingerprint density at radius 1 is 0.730 bits per heavy atom. The summed E-state index contributed by atoms with van der Waals surface area (Å²) in [5.74, 6) is -3.44. The average Bonchev–Trinajstić information content (AvgIpc) is 3.25. The number of carbonyl (C=O) groups excluding carboxylic acids is 3. The van der Waals surface area contributed by atoms with E-state index in [0.717, 1.165) is 0 Å². The summed E-state index contributed by atoms with van der Waals surface area (Å²) in [7, 11) is 0. The van der Waals surface area contributed by atoms with Gasteiger partial charge in [0.25, 0.3) is 0 Å². The first-order valence-electron chi connectivity index (χ1n) is 12.3. The van der Waals surface area contributed by atoms with E-state index in [4.69, 9.17) is 47.4 Å². The molecular weight excluding hydrogens is 496 g/mol. The van der Waals surface area contributed by atoms with E-state index in [1.54, 1.807) is 13.8 Å².